The van der Waals surface area contributed by atoms with Crippen LogP contribution in [0.15, 0.2) is 34.0 Å². The minimum atomic E-state index is -0.0554. The van der Waals surface area contributed by atoms with Gasteiger partial charge >= 0.3 is 0 Å². The van der Waals surface area contributed by atoms with Crippen LogP contribution in [0.3, 0.4) is 0 Å². The highest BCUT2D eigenvalue weighted by molar-refractivity contribution is 14.1. The van der Waals surface area contributed by atoms with Gasteiger partial charge in [0, 0.05) is 10.5 Å². The Morgan fingerprint density at radius 3 is 2.50 bits per heavy atom. The zero-order chi connectivity index (χ0) is 14.7. The number of thioether (sulfide) groups is 1. The molecule has 0 aliphatic rings. The molecule has 1 heterocycles. The molecule has 0 unspecified atom stereocenters. The molecule has 1 N–H and O–H groups in total. The quantitative estimate of drug-likeness (QED) is 0.624. The highest BCUT2D eigenvalue weighted by atomic mass is 127. The first-order chi connectivity index (χ1) is 9.51. The normalized spacial score (nSPS) is 11.1. The lowest BCUT2D eigenvalue weighted by Crippen LogP contribution is -2.17. The largest absolute Gasteiger partial charge is 0.306 e. The Labute approximate surface area is 136 Å². The third kappa shape index (κ3) is 3.63. The lowest BCUT2D eigenvalue weighted by molar-refractivity contribution is 0.631. The van der Waals surface area contributed by atoms with E-state index in [0.29, 0.717) is 15.3 Å². The van der Waals surface area contributed by atoms with E-state index in [0.717, 1.165) is 17.7 Å². The average Bonchev–Trinajstić information content (AvgIpc) is 2.43. The molecular weight excluding hydrogens is 383 g/mol. The molecule has 106 valence electrons. The monoisotopic (exact) mass is 400 g/mol. The Balaban J connectivity index is 2.45. The van der Waals surface area contributed by atoms with Crippen molar-refractivity contribution in [3.05, 3.63) is 43.9 Å². The summed E-state index contributed by atoms with van der Waals surface area (Å²) in [6, 6.07) is 8.08. The van der Waals surface area contributed by atoms with Gasteiger partial charge in [-0.05, 0) is 53.3 Å². The molecule has 0 spiro atoms. The van der Waals surface area contributed by atoms with Crippen molar-refractivity contribution in [2.45, 2.75) is 25.2 Å². The van der Waals surface area contributed by atoms with Gasteiger partial charge in [0.1, 0.15) is 5.82 Å². The zero-order valence-electron chi connectivity index (χ0n) is 11.7. The van der Waals surface area contributed by atoms with Gasteiger partial charge in [-0.3, -0.25) is 4.79 Å². The molecule has 1 aromatic carbocycles. The Kier molecular flexibility index (Phi) is 5.26. The second-order valence-electron chi connectivity index (χ2n) is 5.00. The van der Waals surface area contributed by atoms with Crippen molar-refractivity contribution in [1.29, 1.82) is 0 Å². The number of hydrogen-bond acceptors (Lipinski definition) is 3. The smallest absolute Gasteiger partial charge is 0.264 e. The number of halogens is 1. The van der Waals surface area contributed by atoms with Crippen LogP contribution >= 0.6 is 34.4 Å². The van der Waals surface area contributed by atoms with Crippen LogP contribution in [0, 0.1) is 9.49 Å². The van der Waals surface area contributed by atoms with Crippen LogP contribution < -0.4 is 5.56 Å². The number of nitrogens with zero attached hydrogens (tertiary/aromatic N) is 1. The third-order valence-electron chi connectivity index (χ3n) is 2.90. The topological polar surface area (TPSA) is 45.8 Å². The summed E-state index contributed by atoms with van der Waals surface area (Å²) in [6.07, 6.45) is 2.86. The molecule has 5 heteroatoms. The summed E-state index contributed by atoms with van der Waals surface area (Å²) < 4.78 is 0.695. The van der Waals surface area contributed by atoms with E-state index >= 15 is 0 Å². The number of aromatic amines is 1. The maximum absolute atomic E-state index is 12.0. The molecule has 0 saturated carbocycles. The van der Waals surface area contributed by atoms with Gasteiger partial charge in [-0.1, -0.05) is 26.0 Å². The molecule has 0 aliphatic carbocycles. The first kappa shape index (κ1) is 15.6. The summed E-state index contributed by atoms with van der Waals surface area (Å²) in [5, 5.41) is 0. The number of aromatic nitrogens is 2. The van der Waals surface area contributed by atoms with E-state index in [2.05, 4.69) is 46.4 Å². The minimum absolute atomic E-state index is 0.0554. The molecule has 0 aliphatic heterocycles. The van der Waals surface area contributed by atoms with Crippen molar-refractivity contribution in [3.8, 4) is 11.4 Å². The summed E-state index contributed by atoms with van der Waals surface area (Å²) in [4.78, 5) is 20.7. The number of H-pyrrole nitrogens is 1. The van der Waals surface area contributed by atoms with Crippen LogP contribution in [-0.4, -0.2) is 16.2 Å². The number of nitrogens with one attached hydrogen (secondary N) is 1. The standard InChI is InChI=1S/C15H17IN2OS/c1-9(2)8-12-13(16)15(19)18-14(17-12)10-4-6-11(20-3)7-5-10/h4-7,9H,8H2,1-3H3,(H,17,18,19). The fraction of sp³-hybridized carbons (Fsp3) is 0.333. The number of benzene rings is 1. The van der Waals surface area contributed by atoms with Gasteiger partial charge in [-0.25, -0.2) is 4.98 Å². The van der Waals surface area contributed by atoms with Crippen LogP contribution in [0.1, 0.15) is 19.5 Å². The van der Waals surface area contributed by atoms with Crippen LogP contribution in [0.4, 0.5) is 0 Å². The molecule has 2 rings (SSSR count). The van der Waals surface area contributed by atoms with E-state index in [9.17, 15) is 4.79 Å². The molecule has 3 nitrogen and oxygen atoms in total. The highest BCUT2D eigenvalue weighted by Gasteiger charge is 2.11. The van der Waals surface area contributed by atoms with Crippen molar-refractivity contribution in [2.24, 2.45) is 5.92 Å². The first-order valence-corrected chi connectivity index (χ1v) is 8.74. The van der Waals surface area contributed by atoms with Crippen LogP contribution in [0.2, 0.25) is 0 Å². The van der Waals surface area contributed by atoms with Crippen LogP contribution in [-0.2, 0) is 6.42 Å². The van der Waals surface area contributed by atoms with E-state index in [1.165, 1.54) is 4.90 Å². The third-order valence-corrected chi connectivity index (χ3v) is 4.75. The summed E-state index contributed by atoms with van der Waals surface area (Å²) in [5.41, 5.74) is 1.77. The molecule has 0 saturated heterocycles. The average molecular weight is 400 g/mol. The van der Waals surface area contributed by atoms with Gasteiger partial charge in [0.15, 0.2) is 0 Å². The van der Waals surface area contributed by atoms with Crippen molar-refractivity contribution in [1.82, 2.24) is 9.97 Å². The molecule has 0 amide bonds. The first-order valence-electron chi connectivity index (χ1n) is 6.44. The number of hydrogen-bond donors (Lipinski definition) is 1. The van der Waals surface area contributed by atoms with Gasteiger partial charge in [0.05, 0.1) is 9.26 Å². The van der Waals surface area contributed by atoms with E-state index < -0.39 is 0 Å². The summed E-state index contributed by atoms with van der Waals surface area (Å²) in [7, 11) is 0. The lowest BCUT2D eigenvalue weighted by Gasteiger charge is -2.09. The van der Waals surface area contributed by atoms with Gasteiger partial charge in [0.25, 0.3) is 5.56 Å². The van der Waals surface area contributed by atoms with Crippen molar-refractivity contribution < 1.29 is 0 Å². The second-order valence-corrected chi connectivity index (χ2v) is 6.96. The van der Waals surface area contributed by atoms with Crippen molar-refractivity contribution in [3.63, 3.8) is 0 Å². The summed E-state index contributed by atoms with van der Waals surface area (Å²) >= 11 is 3.77. The predicted molar refractivity (Wildman–Crippen MR) is 93.3 cm³/mol. The second kappa shape index (κ2) is 6.76. The molecule has 20 heavy (non-hydrogen) atoms. The molecule has 2 aromatic rings. The van der Waals surface area contributed by atoms with Gasteiger partial charge < -0.3 is 4.98 Å². The van der Waals surface area contributed by atoms with E-state index in [-0.39, 0.29) is 5.56 Å². The SMILES string of the molecule is CSc1ccc(-c2nc(CC(C)C)c(I)c(=O)[nH]2)cc1. The molecule has 0 radical (unpaired) electrons. The van der Waals surface area contributed by atoms with Crippen molar-refractivity contribution >= 4 is 34.4 Å². The minimum Gasteiger partial charge on any atom is -0.306 e. The molecule has 1 aromatic heterocycles. The van der Waals surface area contributed by atoms with Gasteiger partial charge in [-0.2, -0.15) is 0 Å². The van der Waals surface area contributed by atoms with Crippen LogP contribution in [0.25, 0.3) is 11.4 Å². The van der Waals surface area contributed by atoms with E-state index in [4.69, 9.17) is 0 Å². The molecule has 0 atom stereocenters. The molecule has 0 fully saturated rings. The Morgan fingerprint density at radius 1 is 1.30 bits per heavy atom. The summed E-state index contributed by atoms with van der Waals surface area (Å²) in [6.45, 7) is 4.26. The van der Waals surface area contributed by atoms with E-state index in [1.54, 1.807) is 11.8 Å². The summed E-state index contributed by atoms with van der Waals surface area (Å²) in [5.74, 6) is 1.13. The molecular formula is C15H17IN2OS. The Bertz CT molecular complexity index is 650. The fourth-order valence-electron chi connectivity index (χ4n) is 1.91. The van der Waals surface area contributed by atoms with Crippen LogP contribution in [0.5, 0.6) is 0 Å². The fourth-order valence-corrected chi connectivity index (χ4v) is 2.80. The molecule has 0 bridgehead atoms. The lowest BCUT2D eigenvalue weighted by atomic mass is 10.1. The number of rotatable bonds is 4. The zero-order valence-corrected chi connectivity index (χ0v) is 14.7. The highest BCUT2D eigenvalue weighted by Crippen LogP contribution is 2.21. The Morgan fingerprint density at radius 2 is 1.95 bits per heavy atom. The maximum Gasteiger partial charge on any atom is 0.264 e. The van der Waals surface area contributed by atoms with Crippen molar-refractivity contribution in [2.75, 3.05) is 6.26 Å². The van der Waals surface area contributed by atoms with Gasteiger partial charge in [0.2, 0.25) is 0 Å². The Hall–Kier alpha value is -0.820. The van der Waals surface area contributed by atoms with E-state index in [1.807, 2.05) is 30.5 Å². The maximum atomic E-state index is 12.0. The van der Waals surface area contributed by atoms with Gasteiger partial charge in [-0.15, -0.1) is 11.8 Å². The predicted octanol–water partition coefficient (Wildman–Crippen LogP) is 3.96.